The lowest BCUT2D eigenvalue weighted by Crippen LogP contribution is -2.11. The second-order valence-electron chi connectivity index (χ2n) is 15.3. The highest BCUT2D eigenvalue weighted by Gasteiger charge is 2.27. The molecule has 0 aliphatic rings. The van der Waals surface area contributed by atoms with Crippen LogP contribution in [0.4, 0.5) is 17.1 Å². The number of fused-ring (bicyclic) bond motifs is 2. The van der Waals surface area contributed by atoms with Gasteiger partial charge in [-0.05, 0) is 114 Å². The maximum Gasteiger partial charge on any atom is 0.0619 e. The van der Waals surface area contributed by atoms with Crippen LogP contribution in [0.25, 0.3) is 87.1 Å². The van der Waals surface area contributed by atoms with Gasteiger partial charge in [0.05, 0.1) is 5.69 Å². The summed E-state index contributed by atoms with van der Waals surface area (Å²) in [6, 6.07) is 69.6. The minimum atomic E-state index is 1.12. The summed E-state index contributed by atoms with van der Waals surface area (Å²) in [5.41, 5.74) is 9.50. The number of nitrogens with zero attached hydrogens (tertiary/aromatic N) is 1. The molecule has 260 valence electrons. The van der Waals surface area contributed by atoms with Gasteiger partial charge in [0.25, 0.3) is 0 Å². The smallest absolute Gasteiger partial charge is 0.0619 e. The van der Waals surface area contributed by atoms with Gasteiger partial charge in [0.1, 0.15) is 0 Å². The number of anilines is 3. The van der Waals surface area contributed by atoms with E-state index in [2.05, 4.69) is 206 Å². The number of benzene rings is 12. The Kier molecular flexibility index (Phi) is 6.62. The molecule has 12 aromatic rings. The SMILES string of the molecule is Cc1ccc(C(=Cc2ccc(N(c3ccccc3)c3c4cccc5c6cccc7cc8cccc9c%10cccc3c%10c(c45)c(c76)c89)cc2)c2ccccc2)cc1. The van der Waals surface area contributed by atoms with Crippen molar-refractivity contribution in [3.05, 3.63) is 210 Å². The second-order valence-corrected chi connectivity index (χ2v) is 15.3. The fourth-order valence-corrected chi connectivity index (χ4v) is 9.73. The lowest BCUT2D eigenvalue weighted by Gasteiger charge is -2.31. The Balaban J connectivity index is 1.15. The molecule has 0 fully saturated rings. The van der Waals surface area contributed by atoms with E-state index >= 15 is 0 Å². The number of para-hydroxylation sites is 1. The highest BCUT2D eigenvalue weighted by Crippen LogP contribution is 2.55. The van der Waals surface area contributed by atoms with Gasteiger partial charge in [-0.3, -0.25) is 0 Å². The van der Waals surface area contributed by atoms with Crippen molar-refractivity contribution in [1.29, 1.82) is 0 Å². The second kappa shape index (κ2) is 11.9. The monoisotopic (exact) mass is 709 g/mol. The van der Waals surface area contributed by atoms with Crippen LogP contribution >= 0.6 is 0 Å². The van der Waals surface area contributed by atoms with Crippen molar-refractivity contribution in [3.63, 3.8) is 0 Å². The standard InChI is InChI=1S/C55H35N/c1-34-24-28-37(29-25-34)48(36-12-4-2-5-13-36)32-35-26-30-41(31-27-35)56(40-16-6-3-7-17-40)55-46-22-10-20-44-42-18-8-14-38-33-39-15-9-19-43-45-21-11-23-47(55)52(45)54(51(44)46)53(49(38)42)50(39)43/h2-33H,1H3. The van der Waals surface area contributed by atoms with Crippen LogP contribution in [-0.4, -0.2) is 0 Å². The highest BCUT2D eigenvalue weighted by molar-refractivity contribution is 6.50. The van der Waals surface area contributed by atoms with E-state index in [1.165, 1.54) is 103 Å². The zero-order valence-electron chi connectivity index (χ0n) is 30.9. The summed E-state index contributed by atoms with van der Waals surface area (Å²) in [7, 11) is 0. The summed E-state index contributed by atoms with van der Waals surface area (Å²) in [4.78, 5) is 2.49. The molecular formula is C55H35N. The first-order valence-corrected chi connectivity index (χ1v) is 19.5. The van der Waals surface area contributed by atoms with Gasteiger partial charge in [-0.25, -0.2) is 0 Å². The Morgan fingerprint density at radius 2 is 0.839 bits per heavy atom. The van der Waals surface area contributed by atoms with Gasteiger partial charge in [-0.2, -0.15) is 0 Å². The maximum absolute atomic E-state index is 2.49. The van der Waals surface area contributed by atoms with Crippen molar-refractivity contribution >= 4 is 104 Å². The van der Waals surface area contributed by atoms with Gasteiger partial charge < -0.3 is 4.90 Å². The minimum Gasteiger partial charge on any atom is -0.309 e. The van der Waals surface area contributed by atoms with E-state index in [4.69, 9.17) is 0 Å². The van der Waals surface area contributed by atoms with E-state index in [0.29, 0.717) is 0 Å². The normalized spacial score (nSPS) is 12.5. The Hall–Kier alpha value is -7.22. The molecule has 12 aromatic carbocycles. The van der Waals surface area contributed by atoms with Crippen molar-refractivity contribution in [3.8, 4) is 0 Å². The van der Waals surface area contributed by atoms with E-state index in [9.17, 15) is 0 Å². The molecule has 56 heavy (non-hydrogen) atoms. The van der Waals surface area contributed by atoms with E-state index < -0.39 is 0 Å². The summed E-state index contributed by atoms with van der Waals surface area (Å²) in [6.45, 7) is 2.14. The maximum atomic E-state index is 2.49. The predicted molar refractivity (Wildman–Crippen MR) is 242 cm³/mol. The molecule has 12 rings (SSSR count). The number of rotatable bonds is 6. The zero-order valence-corrected chi connectivity index (χ0v) is 30.9. The van der Waals surface area contributed by atoms with E-state index in [1.54, 1.807) is 0 Å². The van der Waals surface area contributed by atoms with Crippen LogP contribution in [0.1, 0.15) is 22.3 Å². The quantitative estimate of drug-likeness (QED) is 0.0944. The predicted octanol–water partition coefficient (Wildman–Crippen LogP) is 15.4. The number of hydrogen-bond acceptors (Lipinski definition) is 1. The van der Waals surface area contributed by atoms with Crippen molar-refractivity contribution < 1.29 is 0 Å². The third kappa shape index (κ3) is 4.43. The lowest BCUT2D eigenvalue weighted by molar-refractivity contribution is 1.31. The molecule has 0 saturated heterocycles. The summed E-state index contributed by atoms with van der Waals surface area (Å²) in [5.74, 6) is 0. The zero-order chi connectivity index (χ0) is 36.9. The van der Waals surface area contributed by atoms with Gasteiger partial charge >= 0.3 is 0 Å². The molecule has 0 unspecified atom stereocenters. The first kappa shape index (κ1) is 31.2. The number of aryl methyl sites for hydroxylation is 1. The van der Waals surface area contributed by atoms with Gasteiger partial charge in [-0.15, -0.1) is 0 Å². The molecule has 0 saturated carbocycles. The van der Waals surface area contributed by atoms with Crippen molar-refractivity contribution in [2.75, 3.05) is 4.90 Å². The van der Waals surface area contributed by atoms with Crippen molar-refractivity contribution in [2.45, 2.75) is 6.92 Å². The average molecular weight is 710 g/mol. The van der Waals surface area contributed by atoms with Crippen LogP contribution in [-0.2, 0) is 0 Å². The number of hydrogen-bond donors (Lipinski definition) is 0. The molecule has 1 heteroatoms. The molecule has 0 radical (unpaired) electrons. The summed E-state index contributed by atoms with van der Waals surface area (Å²) >= 11 is 0. The van der Waals surface area contributed by atoms with Crippen molar-refractivity contribution in [1.82, 2.24) is 0 Å². The Bertz CT molecular complexity index is 3300. The fourth-order valence-electron chi connectivity index (χ4n) is 9.73. The lowest BCUT2D eigenvalue weighted by atomic mass is 9.80. The third-order valence-electron chi connectivity index (χ3n) is 12.1. The Morgan fingerprint density at radius 3 is 1.43 bits per heavy atom. The van der Waals surface area contributed by atoms with Crippen molar-refractivity contribution in [2.24, 2.45) is 0 Å². The average Bonchev–Trinajstić information content (AvgIpc) is 3.26. The summed E-state index contributed by atoms with van der Waals surface area (Å²) < 4.78 is 0. The first-order chi connectivity index (χ1) is 27.7. The molecule has 0 aliphatic heterocycles. The topological polar surface area (TPSA) is 3.24 Å². The van der Waals surface area contributed by atoms with Crippen LogP contribution in [0.3, 0.4) is 0 Å². The Morgan fingerprint density at radius 1 is 0.375 bits per heavy atom. The molecule has 0 heterocycles. The van der Waals surface area contributed by atoms with Gasteiger partial charge in [0.15, 0.2) is 0 Å². The fraction of sp³-hybridized carbons (Fsp3) is 0.0182. The molecule has 0 atom stereocenters. The van der Waals surface area contributed by atoms with Crippen LogP contribution < -0.4 is 4.90 Å². The Labute approximate surface area is 325 Å². The molecule has 1 nitrogen and oxygen atoms in total. The van der Waals surface area contributed by atoms with Crippen LogP contribution in [0.5, 0.6) is 0 Å². The van der Waals surface area contributed by atoms with Crippen LogP contribution in [0, 0.1) is 6.92 Å². The summed E-state index contributed by atoms with van der Waals surface area (Å²) in [5, 5.41) is 18.6. The van der Waals surface area contributed by atoms with Gasteiger partial charge in [-0.1, -0.05) is 163 Å². The molecular weight excluding hydrogens is 675 g/mol. The molecule has 0 N–H and O–H groups in total. The van der Waals surface area contributed by atoms with E-state index in [1.807, 2.05) is 0 Å². The first-order valence-electron chi connectivity index (χ1n) is 19.5. The largest absolute Gasteiger partial charge is 0.309 e. The summed E-state index contributed by atoms with van der Waals surface area (Å²) in [6.07, 6.45) is 2.32. The van der Waals surface area contributed by atoms with Crippen LogP contribution in [0.2, 0.25) is 0 Å². The van der Waals surface area contributed by atoms with E-state index in [0.717, 1.165) is 16.9 Å². The third-order valence-corrected chi connectivity index (χ3v) is 12.1. The van der Waals surface area contributed by atoms with Gasteiger partial charge in [0.2, 0.25) is 0 Å². The van der Waals surface area contributed by atoms with E-state index in [-0.39, 0.29) is 0 Å². The molecule has 0 aromatic heterocycles. The molecule has 0 amide bonds. The molecule has 0 bridgehead atoms. The minimum absolute atomic E-state index is 1.12. The van der Waals surface area contributed by atoms with Crippen LogP contribution in [0.15, 0.2) is 188 Å². The highest BCUT2D eigenvalue weighted by atomic mass is 15.1. The van der Waals surface area contributed by atoms with Gasteiger partial charge in [0, 0.05) is 38.3 Å². The molecule has 0 aliphatic carbocycles. The molecule has 0 spiro atoms.